The van der Waals surface area contributed by atoms with Crippen LogP contribution in [-0.2, 0) is 0 Å². The Kier molecular flexibility index (Phi) is 3.73. The molecular weight excluding hydrogens is 307 g/mol. The molecule has 0 aromatic carbocycles. The van der Waals surface area contributed by atoms with Crippen LogP contribution in [0.1, 0.15) is 22.3 Å². The third-order valence-corrected chi connectivity index (χ3v) is 2.78. The number of aromatic nitrogens is 1. The third-order valence-electron chi connectivity index (χ3n) is 1.58. The quantitative estimate of drug-likeness (QED) is 0.635. The maximum atomic E-state index is 12.6. The Morgan fingerprint density at radius 2 is 2.29 bits per heavy atom. The van der Waals surface area contributed by atoms with Crippen LogP contribution in [-0.4, -0.2) is 18.4 Å². The highest BCUT2D eigenvalue weighted by atomic mass is 127. The first-order valence-corrected chi connectivity index (χ1v) is 4.65. The van der Waals surface area contributed by atoms with E-state index in [9.17, 15) is 13.6 Å². The largest absolute Gasteiger partial charge is 0.481 e. The lowest BCUT2D eigenvalue weighted by Gasteiger charge is -2.09. The number of carbonyl (C=O) groups excluding carboxylic acids is 1. The van der Waals surface area contributed by atoms with Gasteiger partial charge in [-0.3, -0.25) is 4.79 Å². The second kappa shape index (κ2) is 4.63. The first kappa shape index (κ1) is 11.3. The summed E-state index contributed by atoms with van der Waals surface area (Å²) in [6.45, 7) is 0. The molecule has 0 unspecified atom stereocenters. The summed E-state index contributed by atoms with van der Waals surface area (Å²) in [7, 11) is 1.25. The molecule has 6 heteroatoms. The zero-order valence-corrected chi connectivity index (χ0v) is 9.29. The maximum Gasteiger partial charge on any atom is 0.270 e. The normalized spacial score (nSPS) is 10.4. The summed E-state index contributed by atoms with van der Waals surface area (Å²) >= 11 is 1.67. The van der Waals surface area contributed by atoms with E-state index in [-0.39, 0.29) is 20.6 Å². The van der Waals surface area contributed by atoms with Crippen LogP contribution in [0.5, 0.6) is 5.88 Å². The molecular formula is C8H6F2INO2. The van der Waals surface area contributed by atoms with Gasteiger partial charge in [0.1, 0.15) is 0 Å². The summed E-state index contributed by atoms with van der Waals surface area (Å²) in [6.07, 6.45) is -1.01. The van der Waals surface area contributed by atoms with Gasteiger partial charge in [0.05, 0.1) is 12.7 Å². The van der Waals surface area contributed by atoms with Crippen molar-refractivity contribution in [2.75, 3.05) is 7.11 Å². The van der Waals surface area contributed by atoms with Gasteiger partial charge in [0, 0.05) is 15.3 Å². The van der Waals surface area contributed by atoms with Gasteiger partial charge < -0.3 is 4.74 Å². The van der Waals surface area contributed by atoms with E-state index in [1.165, 1.54) is 13.3 Å². The van der Waals surface area contributed by atoms with Crippen LogP contribution in [0.4, 0.5) is 8.78 Å². The Bertz CT molecular complexity index is 357. The van der Waals surface area contributed by atoms with Crippen LogP contribution in [0, 0.1) is 3.57 Å². The van der Waals surface area contributed by atoms with Crippen molar-refractivity contribution >= 4 is 28.9 Å². The lowest BCUT2D eigenvalue weighted by atomic mass is 10.2. The van der Waals surface area contributed by atoms with E-state index >= 15 is 0 Å². The fourth-order valence-corrected chi connectivity index (χ4v) is 1.67. The van der Waals surface area contributed by atoms with E-state index < -0.39 is 6.43 Å². The molecule has 1 aromatic rings. The summed E-state index contributed by atoms with van der Waals surface area (Å²) < 4.78 is 30.0. The summed E-state index contributed by atoms with van der Waals surface area (Å²) in [5.41, 5.74) is -0.195. The number of hydrogen-bond donors (Lipinski definition) is 0. The average molecular weight is 313 g/mol. The van der Waals surface area contributed by atoms with Crippen LogP contribution in [0.3, 0.4) is 0 Å². The molecule has 0 aliphatic rings. The molecule has 0 saturated heterocycles. The summed E-state index contributed by atoms with van der Waals surface area (Å²) in [5, 5.41) is 0. The standard InChI is InChI=1S/C8H6F2INO2/c1-14-8-5(7(9)10)6(11)4(3-13)2-12-8/h2-3,7H,1H3. The number of alkyl halides is 2. The van der Waals surface area contributed by atoms with Gasteiger partial charge in [-0.15, -0.1) is 0 Å². The molecule has 1 rings (SSSR count). The molecule has 0 aliphatic heterocycles. The molecule has 1 aromatic heterocycles. The minimum atomic E-state index is -2.70. The van der Waals surface area contributed by atoms with Crippen LogP contribution in [0.25, 0.3) is 0 Å². The van der Waals surface area contributed by atoms with Gasteiger partial charge in [-0.1, -0.05) is 0 Å². The van der Waals surface area contributed by atoms with Crippen molar-refractivity contribution in [1.29, 1.82) is 0 Å². The lowest BCUT2D eigenvalue weighted by molar-refractivity contribution is 0.112. The van der Waals surface area contributed by atoms with Crippen molar-refractivity contribution in [2.24, 2.45) is 0 Å². The number of ether oxygens (including phenoxy) is 1. The van der Waals surface area contributed by atoms with Crippen molar-refractivity contribution in [3.63, 3.8) is 0 Å². The van der Waals surface area contributed by atoms with E-state index in [0.717, 1.165) is 0 Å². The highest BCUT2D eigenvalue weighted by molar-refractivity contribution is 14.1. The van der Waals surface area contributed by atoms with E-state index in [0.29, 0.717) is 6.29 Å². The third kappa shape index (κ3) is 1.99. The highest BCUT2D eigenvalue weighted by Gasteiger charge is 2.21. The first-order chi connectivity index (χ1) is 6.61. The van der Waals surface area contributed by atoms with Gasteiger partial charge in [0.2, 0.25) is 5.88 Å². The van der Waals surface area contributed by atoms with Crippen molar-refractivity contribution < 1.29 is 18.3 Å². The van der Waals surface area contributed by atoms with Crippen molar-refractivity contribution in [3.05, 3.63) is 20.9 Å². The molecule has 0 amide bonds. The molecule has 1 heterocycles. The second-order valence-corrected chi connectivity index (χ2v) is 3.45. The molecule has 0 fully saturated rings. The lowest BCUT2D eigenvalue weighted by Crippen LogP contribution is -2.02. The van der Waals surface area contributed by atoms with E-state index in [4.69, 9.17) is 0 Å². The van der Waals surface area contributed by atoms with Gasteiger partial charge in [0.25, 0.3) is 6.43 Å². The van der Waals surface area contributed by atoms with E-state index in [1.54, 1.807) is 22.6 Å². The molecule has 0 N–H and O–H groups in total. The SMILES string of the molecule is COc1ncc(C=O)c(I)c1C(F)F. The number of carbonyl (C=O) groups is 1. The van der Waals surface area contributed by atoms with Crippen LogP contribution in [0.15, 0.2) is 6.20 Å². The molecule has 0 spiro atoms. The molecule has 0 bridgehead atoms. The fraction of sp³-hybridized carbons (Fsp3) is 0.250. The predicted octanol–water partition coefficient (Wildman–Crippen LogP) is 2.44. The van der Waals surface area contributed by atoms with E-state index in [1.807, 2.05) is 0 Å². The number of methoxy groups -OCH3 is 1. The van der Waals surface area contributed by atoms with Gasteiger partial charge in [0.15, 0.2) is 6.29 Å². The number of nitrogens with zero attached hydrogens (tertiary/aromatic N) is 1. The van der Waals surface area contributed by atoms with Crippen molar-refractivity contribution in [2.45, 2.75) is 6.43 Å². The van der Waals surface area contributed by atoms with Gasteiger partial charge in [-0.2, -0.15) is 0 Å². The fourth-order valence-electron chi connectivity index (χ4n) is 0.938. The number of aldehydes is 1. The average Bonchev–Trinajstić information content (AvgIpc) is 2.16. The molecule has 0 aliphatic carbocycles. The Balaban J connectivity index is 3.38. The minimum Gasteiger partial charge on any atom is -0.481 e. The van der Waals surface area contributed by atoms with Crippen LogP contribution >= 0.6 is 22.6 Å². The highest BCUT2D eigenvalue weighted by Crippen LogP contribution is 2.32. The zero-order chi connectivity index (χ0) is 10.7. The molecule has 0 radical (unpaired) electrons. The van der Waals surface area contributed by atoms with Crippen LogP contribution in [0.2, 0.25) is 0 Å². The number of hydrogen-bond acceptors (Lipinski definition) is 3. The first-order valence-electron chi connectivity index (χ1n) is 3.57. The van der Waals surface area contributed by atoms with Crippen LogP contribution < -0.4 is 4.74 Å². The summed E-state index contributed by atoms with van der Waals surface area (Å²) in [5.74, 6) is -0.144. The number of halogens is 3. The van der Waals surface area contributed by atoms with E-state index in [2.05, 4.69) is 9.72 Å². The Labute approximate surface area is 92.6 Å². The Morgan fingerprint density at radius 1 is 1.64 bits per heavy atom. The van der Waals surface area contributed by atoms with Gasteiger partial charge in [-0.25, -0.2) is 13.8 Å². The van der Waals surface area contributed by atoms with Crippen molar-refractivity contribution in [3.8, 4) is 5.88 Å². The second-order valence-electron chi connectivity index (χ2n) is 2.37. The smallest absolute Gasteiger partial charge is 0.270 e. The molecule has 0 saturated carbocycles. The molecule has 3 nitrogen and oxygen atoms in total. The molecule has 76 valence electrons. The zero-order valence-electron chi connectivity index (χ0n) is 7.13. The Morgan fingerprint density at radius 3 is 2.71 bits per heavy atom. The maximum absolute atomic E-state index is 12.6. The molecule has 0 atom stereocenters. The van der Waals surface area contributed by atoms with Gasteiger partial charge >= 0.3 is 0 Å². The van der Waals surface area contributed by atoms with Crippen molar-refractivity contribution in [1.82, 2.24) is 4.98 Å². The van der Waals surface area contributed by atoms with Gasteiger partial charge in [-0.05, 0) is 22.6 Å². The minimum absolute atomic E-state index is 0.140. The summed E-state index contributed by atoms with van der Waals surface area (Å²) in [4.78, 5) is 14.1. The molecule has 14 heavy (non-hydrogen) atoms. The summed E-state index contributed by atoms with van der Waals surface area (Å²) in [6, 6.07) is 0. The predicted molar refractivity (Wildman–Crippen MR) is 53.9 cm³/mol. The topological polar surface area (TPSA) is 39.2 Å². The Hall–Kier alpha value is -0.790. The number of rotatable bonds is 3. The monoisotopic (exact) mass is 313 g/mol. The number of pyridine rings is 1.